The van der Waals surface area contributed by atoms with Gasteiger partial charge in [0, 0.05) is 19.1 Å². The average Bonchev–Trinajstić information content (AvgIpc) is 3.27. The molecule has 0 spiro atoms. The second-order valence-electron chi connectivity index (χ2n) is 7.84. The zero-order valence-corrected chi connectivity index (χ0v) is 18.1. The van der Waals surface area contributed by atoms with Gasteiger partial charge in [-0.25, -0.2) is 4.79 Å². The van der Waals surface area contributed by atoms with Crippen LogP contribution < -0.4 is 11.2 Å². The molecule has 1 amide bonds. The molecule has 7 heteroatoms. The van der Waals surface area contributed by atoms with E-state index in [1.54, 1.807) is 6.07 Å². The molecule has 0 N–H and O–H groups in total. The van der Waals surface area contributed by atoms with E-state index in [2.05, 4.69) is 6.92 Å². The van der Waals surface area contributed by atoms with Crippen molar-refractivity contribution in [3.05, 3.63) is 68.2 Å². The van der Waals surface area contributed by atoms with Crippen LogP contribution >= 0.6 is 11.3 Å². The lowest BCUT2D eigenvalue weighted by Gasteiger charge is -2.35. The highest BCUT2D eigenvalue weighted by atomic mass is 32.1. The van der Waals surface area contributed by atoms with Gasteiger partial charge in [0.15, 0.2) is 0 Å². The standard InChI is InChI=1S/C23H27N3O3S/c1-2-18-10-6-7-13-24(18)20(27)16-26-19-12-15-30-21(19)22(28)25(23(26)29)14-11-17-8-4-3-5-9-17/h3-5,8-9,12,15,18H,2,6-7,10-11,13-14,16H2,1H3/t18-/m0/s1. The van der Waals surface area contributed by atoms with Crippen molar-refractivity contribution in [1.82, 2.24) is 14.0 Å². The molecule has 2 aromatic heterocycles. The maximum atomic E-state index is 13.3. The Bertz CT molecular complexity index is 1150. The summed E-state index contributed by atoms with van der Waals surface area (Å²) in [6.45, 7) is 3.12. The fourth-order valence-electron chi connectivity index (χ4n) is 4.35. The van der Waals surface area contributed by atoms with Crippen LogP contribution in [0.1, 0.15) is 38.2 Å². The summed E-state index contributed by atoms with van der Waals surface area (Å²) in [6.07, 6.45) is 4.67. The highest BCUT2D eigenvalue weighted by Crippen LogP contribution is 2.21. The molecule has 30 heavy (non-hydrogen) atoms. The summed E-state index contributed by atoms with van der Waals surface area (Å²) >= 11 is 1.32. The van der Waals surface area contributed by atoms with Gasteiger partial charge in [0.05, 0.1) is 5.52 Å². The van der Waals surface area contributed by atoms with Crippen molar-refractivity contribution >= 4 is 27.5 Å². The van der Waals surface area contributed by atoms with Crippen molar-refractivity contribution in [2.45, 2.75) is 58.2 Å². The van der Waals surface area contributed by atoms with Crippen LogP contribution in [0.3, 0.4) is 0 Å². The maximum Gasteiger partial charge on any atom is 0.332 e. The molecule has 158 valence electrons. The number of nitrogens with zero attached hydrogens (tertiary/aromatic N) is 3. The lowest BCUT2D eigenvalue weighted by atomic mass is 10.00. The number of thiophene rings is 1. The van der Waals surface area contributed by atoms with Crippen LogP contribution in [0.15, 0.2) is 51.4 Å². The molecule has 1 aliphatic heterocycles. The highest BCUT2D eigenvalue weighted by molar-refractivity contribution is 7.17. The number of rotatable bonds is 6. The minimum Gasteiger partial charge on any atom is -0.338 e. The fraction of sp³-hybridized carbons (Fsp3) is 0.435. The molecule has 1 aromatic carbocycles. The lowest BCUT2D eigenvalue weighted by molar-refractivity contribution is -0.135. The Labute approximate surface area is 179 Å². The van der Waals surface area contributed by atoms with Crippen LogP contribution in [0.2, 0.25) is 0 Å². The summed E-state index contributed by atoms with van der Waals surface area (Å²) in [5.74, 6) is -0.0376. The van der Waals surface area contributed by atoms with E-state index >= 15 is 0 Å². The molecular formula is C23H27N3O3S. The summed E-state index contributed by atoms with van der Waals surface area (Å²) in [5.41, 5.74) is 0.954. The molecule has 1 fully saturated rings. The number of hydrogen-bond acceptors (Lipinski definition) is 4. The Morgan fingerprint density at radius 1 is 1.10 bits per heavy atom. The first-order valence-corrected chi connectivity index (χ1v) is 11.5. The first-order chi connectivity index (χ1) is 14.6. The SMILES string of the molecule is CC[C@H]1CCCCN1C(=O)Cn1c(=O)n(CCc2ccccc2)c(=O)c2sccc21. The third-order valence-electron chi connectivity index (χ3n) is 6.02. The molecule has 3 heterocycles. The van der Waals surface area contributed by atoms with Gasteiger partial charge in [-0.2, -0.15) is 0 Å². The normalized spacial score (nSPS) is 16.8. The molecule has 0 aliphatic carbocycles. The fourth-order valence-corrected chi connectivity index (χ4v) is 5.19. The molecular weight excluding hydrogens is 398 g/mol. The zero-order valence-electron chi connectivity index (χ0n) is 17.3. The first-order valence-electron chi connectivity index (χ1n) is 10.6. The van der Waals surface area contributed by atoms with E-state index < -0.39 is 5.69 Å². The summed E-state index contributed by atoms with van der Waals surface area (Å²) in [6, 6.07) is 11.8. The van der Waals surface area contributed by atoms with Gasteiger partial charge in [-0.15, -0.1) is 11.3 Å². The number of aromatic nitrogens is 2. The smallest absolute Gasteiger partial charge is 0.332 e. The predicted molar refractivity (Wildman–Crippen MR) is 120 cm³/mol. The van der Waals surface area contributed by atoms with Gasteiger partial charge in [-0.1, -0.05) is 37.3 Å². The molecule has 0 saturated carbocycles. The van der Waals surface area contributed by atoms with Gasteiger partial charge in [-0.3, -0.25) is 18.7 Å². The number of carbonyl (C=O) groups is 1. The van der Waals surface area contributed by atoms with Crippen LogP contribution in [-0.4, -0.2) is 32.5 Å². The van der Waals surface area contributed by atoms with Crippen molar-refractivity contribution in [2.24, 2.45) is 0 Å². The summed E-state index contributed by atoms with van der Waals surface area (Å²) < 4.78 is 3.30. The van der Waals surface area contributed by atoms with Crippen LogP contribution in [0, 0.1) is 0 Å². The van der Waals surface area contributed by atoms with E-state index in [0.717, 1.165) is 37.8 Å². The van der Waals surface area contributed by atoms with E-state index in [4.69, 9.17) is 0 Å². The topological polar surface area (TPSA) is 64.3 Å². The van der Waals surface area contributed by atoms with E-state index in [1.165, 1.54) is 20.5 Å². The number of carbonyl (C=O) groups excluding carboxylic acids is 1. The highest BCUT2D eigenvalue weighted by Gasteiger charge is 2.26. The van der Waals surface area contributed by atoms with Gasteiger partial charge in [0.2, 0.25) is 5.91 Å². The van der Waals surface area contributed by atoms with E-state index in [0.29, 0.717) is 23.2 Å². The Morgan fingerprint density at radius 2 is 1.90 bits per heavy atom. The number of amides is 1. The molecule has 0 unspecified atom stereocenters. The molecule has 0 bridgehead atoms. The van der Waals surface area contributed by atoms with Crippen molar-refractivity contribution in [3.8, 4) is 0 Å². The van der Waals surface area contributed by atoms with Crippen molar-refractivity contribution in [3.63, 3.8) is 0 Å². The van der Waals surface area contributed by atoms with Gasteiger partial charge in [0.25, 0.3) is 5.56 Å². The zero-order chi connectivity index (χ0) is 21.1. The number of likely N-dealkylation sites (tertiary alicyclic amines) is 1. The molecule has 1 saturated heterocycles. The molecule has 3 aromatic rings. The van der Waals surface area contributed by atoms with Crippen molar-refractivity contribution < 1.29 is 4.79 Å². The van der Waals surface area contributed by atoms with Gasteiger partial charge in [0.1, 0.15) is 11.2 Å². The maximum absolute atomic E-state index is 13.3. The number of hydrogen-bond donors (Lipinski definition) is 0. The minimum atomic E-state index is -0.403. The number of fused-ring (bicyclic) bond motifs is 1. The lowest BCUT2D eigenvalue weighted by Crippen LogP contribution is -2.47. The molecule has 0 radical (unpaired) electrons. The summed E-state index contributed by atoms with van der Waals surface area (Å²) in [4.78, 5) is 41.2. The second kappa shape index (κ2) is 9.00. The molecule has 1 aliphatic rings. The van der Waals surface area contributed by atoms with E-state index in [1.807, 2.05) is 40.6 Å². The van der Waals surface area contributed by atoms with E-state index in [-0.39, 0.29) is 24.1 Å². The summed E-state index contributed by atoms with van der Waals surface area (Å²) in [7, 11) is 0. The Kier molecular flexibility index (Phi) is 6.18. The van der Waals surface area contributed by atoms with Gasteiger partial charge in [-0.05, 0) is 49.1 Å². The predicted octanol–water partition coefficient (Wildman–Crippen LogP) is 3.26. The van der Waals surface area contributed by atoms with Gasteiger partial charge < -0.3 is 4.90 Å². The average molecular weight is 426 g/mol. The van der Waals surface area contributed by atoms with Crippen LogP contribution in [0.4, 0.5) is 0 Å². The number of benzene rings is 1. The van der Waals surface area contributed by atoms with Crippen LogP contribution in [-0.2, 0) is 24.3 Å². The van der Waals surface area contributed by atoms with Gasteiger partial charge >= 0.3 is 5.69 Å². The Hall–Kier alpha value is -2.67. The molecule has 6 nitrogen and oxygen atoms in total. The first kappa shape index (κ1) is 20.6. The van der Waals surface area contributed by atoms with E-state index in [9.17, 15) is 14.4 Å². The van der Waals surface area contributed by atoms with Crippen LogP contribution in [0.5, 0.6) is 0 Å². The number of piperidine rings is 1. The Balaban J connectivity index is 1.67. The van der Waals surface area contributed by atoms with Crippen molar-refractivity contribution in [2.75, 3.05) is 6.54 Å². The third-order valence-corrected chi connectivity index (χ3v) is 6.91. The van der Waals surface area contributed by atoms with Crippen LogP contribution in [0.25, 0.3) is 10.2 Å². The Morgan fingerprint density at radius 3 is 2.67 bits per heavy atom. The molecule has 1 atom stereocenters. The largest absolute Gasteiger partial charge is 0.338 e. The number of aryl methyl sites for hydroxylation is 1. The quantitative estimate of drug-likeness (QED) is 0.609. The monoisotopic (exact) mass is 425 g/mol. The second-order valence-corrected chi connectivity index (χ2v) is 8.76. The minimum absolute atomic E-state index is 0.0197. The third kappa shape index (κ3) is 3.99. The summed E-state index contributed by atoms with van der Waals surface area (Å²) in [5, 5.41) is 1.81. The molecule has 4 rings (SSSR count). The van der Waals surface area contributed by atoms with Crippen molar-refractivity contribution in [1.29, 1.82) is 0 Å².